The minimum absolute atomic E-state index is 0.0127. The number of hydrogen-bond donors (Lipinski definition) is 1. The van der Waals surface area contributed by atoms with Crippen LogP contribution in [0.5, 0.6) is 0 Å². The molecule has 19 heavy (non-hydrogen) atoms. The van der Waals surface area contributed by atoms with Crippen LogP contribution in [0.4, 0.5) is 10.5 Å². The lowest BCUT2D eigenvalue weighted by Crippen LogP contribution is -2.36. The highest BCUT2D eigenvalue weighted by molar-refractivity contribution is 5.96. The summed E-state index contributed by atoms with van der Waals surface area (Å²) in [4.78, 5) is 25.2. The summed E-state index contributed by atoms with van der Waals surface area (Å²) < 4.78 is 0. The number of rotatable bonds is 5. The quantitative estimate of drug-likeness (QED) is 0.651. The van der Waals surface area contributed by atoms with Gasteiger partial charge in [0.25, 0.3) is 0 Å². The van der Waals surface area contributed by atoms with Crippen molar-refractivity contribution in [1.82, 2.24) is 4.90 Å². The van der Waals surface area contributed by atoms with Gasteiger partial charge in [-0.05, 0) is 31.9 Å². The van der Waals surface area contributed by atoms with E-state index >= 15 is 0 Å². The van der Waals surface area contributed by atoms with E-state index in [1.165, 1.54) is 6.92 Å². The molecular formula is C15H18N2O2. The van der Waals surface area contributed by atoms with Gasteiger partial charge in [-0.2, -0.15) is 0 Å². The van der Waals surface area contributed by atoms with Crippen molar-refractivity contribution in [3.8, 4) is 0 Å². The molecule has 1 fully saturated rings. The summed E-state index contributed by atoms with van der Waals surface area (Å²) in [5.41, 5.74) is 1.24. The van der Waals surface area contributed by atoms with Gasteiger partial charge in [-0.1, -0.05) is 18.2 Å². The van der Waals surface area contributed by atoms with Crippen molar-refractivity contribution in [3.63, 3.8) is 0 Å². The predicted octanol–water partition coefficient (Wildman–Crippen LogP) is 3.07. The summed E-state index contributed by atoms with van der Waals surface area (Å²) >= 11 is 0. The van der Waals surface area contributed by atoms with Gasteiger partial charge >= 0.3 is 6.03 Å². The van der Waals surface area contributed by atoms with Crippen molar-refractivity contribution >= 4 is 17.5 Å². The standard InChI is InChI=1S/C15H18N2O2/c1-3-9-17(14-7-8-14)15(19)16-13-6-4-5-12(10-13)11(2)18/h3-6,10,14H,1,7-9H2,2H3,(H,16,19). The monoisotopic (exact) mass is 258 g/mol. The van der Waals surface area contributed by atoms with Crippen molar-refractivity contribution in [2.24, 2.45) is 0 Å². The van der Waals surface area contributed by atoms with Crippen LogP contribution in [0.3, 0.4) is 0 Å². The Morgan fingerprint density at radius 2 is 2.21 bits per heavy atom. The van der Waals surface area contributed by atoms with Gasteiger partial charge < -0.3 is 10.2 Å². The minimum atomic E-state index is -0.136. The maximum absolute atomic E-state index is 12.1. The highest BCUT2D eigenvalue weighted by Crippen LogP contribution is 2.27. The van der Waals surface area contributed by atoms with Gasteiger partial charge in [-0.3, -0.25) is 4.79 Å². The number of hydrogen-bond acceptors (Lipinski definition) is 2. The highest BCUT2D eigenvalue weighted by Gasteiger charge is 2.31. The third-order valence-electron chi connectivity index (χ3n) is 3.09. The molecule has 2 amide bonds. The van der Waals surface area contributed by atoms with E-state index in [1.54, 1.807) is 35.2 Å². The number of nitrogens with zero attached hydrogens (tertiary/aromatic N) is 1. The number of amides is 2. The summed E-state index contributed by atoms with van der Waals surface area (Å²) in [6.07, 6.45) is 3.83. The SMILES string of the molecule is C=CCN(C(=O)Nc1cccc(C(C)=O)c1)C1CC1. The maximum Gasteiger partial charge on any atom is 0.322 e. The Balaban J connectivity index is 2.06. The molecule has 0 bridgehead atoms. The molecule has 2 rings (SSSR count). The Labute approximate surface area is 113 Å². The normalized spacial score (nSPS) is 13.7. The van der Waals surface area contributed by atoms with Crippen LogP contribution in [0.15, 0.2) is 36.9 Å². The third-order valence-corrected chi connectivity index (χ3v) is 3.09. The molecule has 0 aliphatic heterocycles. The van der Waals surface area contributed by atoms with E-state index in [1.807, 2.05) is 0 Å². The first-order valence-corrected chi connectivity index (χ1v) is 6.41. The molecule has 0 spiro atoms. The second-order valence-corrected chi connectivity index (χ2v) is 4.74. The molecule has 4 nitrogen and oxygen atoms in total. The van der Waals surface area contributed by atoms with Crippen LogP contribution in [-0.4, -0.2) is 29.3 Å². The van der Waals surface area contributed by atoms with Crippen molar-refractivity contribution < 1.29 is 9.59 Å². The largest absolute Gasteiger partial charge is 0.322 e. The fraction of sp³-hybridized carbons (Fsp3) is 0.333. The molecule has 1 aromatic carbocycles. The van der Waals surface area contributed by atoms with Crippen molar-refractivity contribution in [2.45, 2.75) is 25.8 Å². The number of nitrogens with one attached hydrogen (secondary N) is 1. The Hall–Kier alpha value is -2.10. The number of benzene rings is 1. The summed E-state index contributed by atoms with van der Waals surface area (Å²) in [6, 6.07) is 7.17. The van der Waals surface area contributed by atoms with E-state index in [9.17, 15) is 9.59 Å². The lowest BCUT2D eigenvalue weighted by Gasteiger charge is -2.21. The van der Waals surface area contributed by atoms with Crippen LogP contribution >= 0.6 is 0 Å². The maximum atomic E-state index is 12.1. The number of anilines is 1. The number of Topliss-reactive ketones (excluding diaryl/α,β-unsaturated/α-hetero) is 1. The Morgan fingerprint density at radius 1 is 1.47 bits per heavy atom. The first kappa shape index (κ1) is 13.3. The molecule has 0 atom stereocenters. The van der Waals surface area contributed by atoms with E-state index in [0.717, 1.165) is 12.8 Å². The zero-order chi connectivity index (χ0) is 13.8. The molecule has 100 valence electrons. The first-order chi connectivity index (χ1) is 9.11. The average molecular weight is 258 g/mol. The van der Waals surface area contributed by atoms with Crippen molar-refractivity contribution in [2.75, 3.05) is 11.9 Å². The van der Waals surface area contributed by atoms with Gasteiger partial charge in [0, 0.05) is 23.8 Å². The van der Waals surface area contributed by atoms with Crippen LogP contribution in [0.2, 0.25) is 0 Å². The molecule has 1 saturated carbocycles. The van der Waals surface area contributed by atoms with Gasteiger partial charge in [0.2, 0.25) is 0 Å². The van der Waals surface area contributed by atoms with Gasteiger partial charge in [0.1, 0.15) is 0 Å². The minimum Gasteiger partial charge on any atom is -0.318 e. The summed E-state index contributed by atoms with van der Waals surface area (Å²) in [7, 11) is 0. The average Bonchev–Trinajstić information content (AvgIpc) is 3.20. The first-order valence-electron chi connectivity index (χ1n) is 6.41. The fourth-order valence-corrected chi connectivity index (χ4v) is 1.93. The van der Waals surface area contributed by atoms with Crippen LogP contribution in [0, 0.1) is 0 Å². The number of ketones is 1. The van der Waals surface area contributed by atoms with E-state index in [2.05, 4.69) is 11.9 Å². The zero-order valence-corrected chi connectivity index (χ0v) is 11.1. The second-order valence-electron chi connectivity index (χ2n) is 4.74. The molecule has 1 aliphatic carbocycles. The van der Waals surface area contributed by atoms with E-state index in [4.69, 9.17) is 0 Å². The summed E-state index contributed by atoms with van der Waals surface area (Å²) in [6.45, 7) is 5.72. The van der Waals surface area contributed by atoms with E-state index in [-0.39, 0.29) is 11.8 Å². The molecule has 1 aliphatic rings. The van der Waals surface area contributed by atoms with Gasteiger partial charge in [-0.15, -0.1) is 6.58 Å². The van der Waals surface area contributed by atoms with Gasteiger partial charge in [0.05, 0.1) is 0 Å². The molecule has 0 heterocycles. The fourth-order valence-electron chi connectivity index (χ4n) is 1.93. The predicted molar refractivity (Wildman–Crippen MR) is 75.4 cm³/mol. The lowest BCUT2D eigenvalue weighted by atomic mass is 10.1. The third kappa shape index (κ3) is 3.44. The molecule has 0 unspecified atom stereocenters. The van der Waals surface area contributed by atoms with Crippen LogP contribution in [-0.2, 0) is 0 Å². The van der Waals surface area contributed by atoms with Gasteiger partial charge in [-0.25, -0.2) is 4.79 Å². The van der Waals surface area contributed by atoms with Crippen molar-refractivity contribution in [3.05, 3.63) is 42.5 Å². The number of carbonyl (C=O) groups excluding carboxylic acids is 2. The molecule has 4 heteroatoms. The molecule has 0 saturated heterocycles. The summed E-state index contributed by atoms with van der Waals surface area (Å²) in [5, 5.41) is 2.83. The second kappa shape index (κ2) is 5.69. The molecule has 1 aromatic rings. The molecule has 0 aromatic heterocycles. The Morgan fingerprint density at radius 3 is 2.79 bits per heavy atom. The topological polar surface area (TPSA) is 49.4 Å². The Bertz CT molecular complexity index is 507. The van der Waals surface area contributed by atoms with Crippen LogP contribution in [0.1, 0.15) is 30.1 Å². The molecule has 0 radical (unpaired) electrons. The molecular weight excluding hydrogens is 240 g/mol. The zero-order valence-electron chi connectivity index (χ0n) is 11.1. The van der Waals surface area contributed by atoms with Crippen molar-refractivity contribution in [1.29, 1.82) is 0 Å². The highest BCUT2D eigenvalue weighted by atomic mass is 16.2. The van der Waals surface area contributed by atoms with E-state index < -0.39 is 0 Å². The van der Waals surface area contributed by atoms with Crippen LogP contribution in [0.25, 0.3) is 0 Å². The lowest BCUT2D eigenvalue weighted by molar-refractivity contribution is 0.101. The number of urea groups is 1. The smallest absolute Gasteiger partial charge is 0.318 e. The number of carbonyl (C=O) groups is 2. The Kier molecular flexibility index (Phi) is 4.00. The van der Waals surface area contributed by atoms with Crippen LogP contribution < -0.4 is 5.32 Å². The van der Waals surface area contributed by atoms with E-state index in [0.29, 0.717) is 23.8 Å². The molecule has 1 N–H and O–H groups in total. The van der Waals surface area contributed by atoms with Gasteiger partial charge in [0.15, 0.2) is 5.78 Å². The summed E-state index contributed by atoms with van der Waals surface area (Å²) in [5.74, 6) is -0.0127.